The zero-order valence-electron chi connectivity index (χ0n) is 14.6. The van der Waals surface area contributed by atoms with E-state index in [1.165, 1.54) is 0 Å². The highest BCUT2D eigenvalue weighted by molar-refractivity contribution is 5.79. The second-order valence-corrected chi connectivity index (χ2v) is 5.30. The first-order valence-electron chi connectivity index (χ1n) is 7.92. The van der Waals surface area contributed by atoms with Gasteiger partial charge in [0.2, 0.25) is 0 Å². The minimum absolute atomic E-state index is 0.763. The van der Waals surface area contributed by atoms with Crippen LogP contribution in [0.3, 0.4) is 0 Å². The van der Waals surface area contributed by atoms with E-state index in [4.69, 9.17) is 9.73 Å². The molecule has 1 rings (SSSR count). The van der Waals surface area contributed by atoms with Crippen LogP contribution in [-0.2, 0) is 6.54 Å². The number of hydrogen-bond donors (Lipinski definition) is 1. The van der Waals surface area contributed by atoms with Crippen molar-refractivity contribution in [2.45, 2.75) is 20.4 Å². The number of para-hydroxylation sites is 1. The van der Waals surface area contributed by atoms with Crippen molar-refractivity contribution in [2.75, 3.05) is 47.4 Å². The molecule has 0 unspecified atom stereocenters. The Hall–Kier alpha value is -1.75. The van der Waals surface area contributed by atoms with E-state index >= 15 is 0 Å². The van der Waals surface area contributed by atoms with Crippen LogP contribution >= 0.6 is 0 Å². The van der Waals surface area contributed by atoms with Crippen LogP contribution in [0.2, 0.25) is 0 Å². The largest absolute Gasteiger partial charge is 0.496 e. The van der Waals surface area contributed by atoms with Crippen LogP contribution in [0.25, 0.3) is 0 Å². The van der Waals surface area contributed by atoms with Crippen molar-refractivity contribution in [3.8, 4) is 5.75 Å². The van der Waals surface area contributed by atoms with Crippen LogP contribution in [0.4, 0.5) is 0 Å². The van der Waals surface area contributed by atoms with Gasteiger partial charge in [0.15, 0.2) is 5.96 Å². The number of rotatable bonds is 8. The van der Waals surface area contributed by atoms with Gasteiger partial charge in [0.25, 0.3) is 0 Å². The summed E-state index contributed by atoms with van der Waals surface area (Å²) >= 11 is 0. The van der Waals surface area contributed by atoms with Crippen LogP contribution in [0.1, 0.15) is 19.4 Å². The summed E-state index contributed by atoms with van der Waals surface area (Å²) in [6, 6.07) is 8.10. The van der Waals surface area contributed by atoms with Gasteiger partial charge in [-0.2, -0.15) is 0 Å². The Morgan fingerprint density at radius 1 is 1.23 bits per heavy atom. The van der Waals surface area contributed by atoms with E-state index in [9.17, 15) is 0 Å². The average molecular weight is 306 g/mol. The van der Waals surface area contributed by atoms with Crippen LogP contribution < -0.4 is 10.1 Å². The van der Waals surface area contributed by atoms with Gasteiger partial charge in [-0.05, 0) is 26.6 Å². The highest BCUT2D eigenvalue weighted by Crippen LogP contribution is 2.18. The highest BCUT2D eigenvalue weighted by atomic mass is 16.5. The number of benzene rings is 1. The predicted molar refractivity (Wildman–Crippen MR) is 93.6 cm³/mol. The molecule has 0 heterocycles. The van der Waals surface area contributed by atoms with Crippen molar-refractivity contribution >= 4 is 5.96 Å². The maximum atomic E-state index is 5.42. The molecule has 0 saturated carbocycles. The maximum Gasteiger partial charge on any atom is 0.194 e. The summed E-state index contributed by atoms with van der Waals surface area (Å²) in [4.78, 5) is 9.09. The summed E-state index contributed by atoms with van der Waals surface area (Å²) in [7, 11) is 5.87. The van der Waals surface area contributed by atoms with Gasteiger partial charge < -0.3 is 19.9 Å². The molecule has 5 nitrogen and oxygen atoms in total. The first-order chi connectivity index (χ1) is 10.6. The van der Waals surface area contributed by atoms with Gasteiger partial charge in [-0.15, -0.1) is 0 Å². The number of nitrogens with one attached hydrogen (secondary N) is 1. The molecular weight excluding hydrogens is 276 g/mol. The molecule has 22 heavy (non-hydrogen) atoms. The molecule has 0 fully saturated rings. The quantitative estimate of drug-likeness (QED) is 0.589. The van der Waals surface area contributed by atoms with Crippen molar-refractivity contribution in [3.63, 3.8) is 0 Å². The average Bonchev–Trinajstić information content (AvgIpc) is 2.54. The lowest BCUT2D eigenvalue weighted by molar-refractivity contribution is 0.361. The Morgan fingerprint density at radius 2 is 1.95 bits per heavy atom. The topological polar surface area (TPSA) is 40.1 Å². The Labute approximate surface area is 135 Å². The predicted octanol–water partition coefficient (Wildman–Crippen LogP) is 2.04. The zero-order valence-corrected chi connectivity index (χ0v) is 14.6. The summed E-state index contributed by atoms with van der Waals surface area (Å²) in [6.45, 7) is 8.67. The third kappa shape index (κ3) is 5.93. The Kier molecular flexibility index (Phi) is 8.36. The molecule has 124 valence electrons. The summed E-state index contributed by atoms with van der Waals surface area (Å²) < 4.78 is 5.42. The molecule has 5 heteroatoms. The number of guanidine groups is 1. The third-order valence-electron chi connectivity index (χ3n) is 3.58. The van der Waals surface area contributed by atoms with Crippen molar-refractivity contribution in [1.29, 1.82) is 0 Å². The number of nitrogens with zero attached hydrogens (tertiary/aromatic N) is 3. The van der Waals surface area contributed by atoms with E-state index in [1.54, 1.807) is 7.11 Å². The molecule has 0 aliphatic heterocycles. The van der Waals surface area contributed by atoms with Gasteiger partial charge in [-0.3, -0.25) is 4.99 Å². The summed E-state index contributed by atoms with van der Waals surface area (Å²) in [5.41, 5.74) is 1.16. The standard InChI is InChI=1S/C17H30N4O/c1-6-18-17(19-12-13-20(3)7-2)21(4)14-15-10-8-9-11-16(15)22-5/h8-11H,6-7,12-14H2,1-5H3,(H,18,19). The van der Waals surface area contributed by atoms with Crippen molar-refractivity contribution in [1.82, 2.24) is 15.1 Å². The molecule has 0 bridgehead atoms. The molecule has 1 aromatic carbocycles. The molecule has 0 saturated heterocycles. The maximum absolute atomic E-state index is 5.42. The molecule has 1 N–H and O–H groups in total. The summed E-state index contributed by atoms with van der Waals surface area (Å²) in [5.74, 6) is 1.84. The number of ether oxygens (including phenoxy) is 1. The monoisotopic (exact) mass is 306 g/mol. The molecular formula is C17H30N4O. The van der Waals surface area contributed by atoms with E-state index in [0.717, 1.165) is 50.0 Å². The van der Waals surface area contributed by atoms with Gasteiger partial charge >= 0.3 is 0 Å². The SMILES string of the molecule is CCNC(=NCCN(C)CC)N(C)Cc1ccccc1OC. The van der Waals surface area contributed by atoms with Gasteiger partial charge in [-0.1, -0.05) is 25.1 Å². The molecule has 1 aromatic rings. The van der Waals surface area contributed by atoms with E-state index in [-0.39, 0.29) is 0 Å². The second kappa shape index (κ2) is 10.1. The second-order valence-electron chi connectivity index (χ2n) is 5.30. The van der Waals surface area contributed by atoms with Gasteiger partial charge in [0.1, 0.15) is 5.75 Å². The van der Waals surface area contributed by atoms with Gasteiger partial charge in [-0.25, -0.2) is 0 Å². The normalized spacial score (nSPS) is 11.6. The van der Waals surface area contributed by atoms with Crippen LogP contribution in [0.5, 0.6) is 5.75 Å². The molecule has 0 radical (unpaired) electrons. The first kappa shape index (κ1) is 18.3. The lowest BCUT2D eigenvalue weighted by atomic mass is 10.2. The molecule has 0 spiro atoms. The third-order valence-corrected chi connectivity index (χ3v) is 3.58. The van der Waals surface area contributed by atoms with Crippen molar-refractivity contribution < 1.29 is 4.74 Å². The number of aliphatic imine (C=N–C) groups is 1. The fourth-order valence-electron chi connectivity index (χ4n) is 2.12. The van der Waals surface area contributed by atoms with E-state index in [1.807, 2.05) is 18.2 Å². The van der Waals surface area contributed by atoms with Gasteiger partial charge in [0.05, 0.1) is 13.7 Å². The lowest BCUT2D eigenvalue weighted by Crippen LogP contribution is -2.39. The minimum Gasteiger partial charge on any atom is -0.496 e. The van der Waals surface area contributed by atoms with Gasteiger partial charge in [0, 0.05) is 32.2 Å². The summed E-state index contributed by atoms with van der Waals surface area (Å²) in [6.07, 6.45) is 0. The molecule has 0 aromatic heterocycles. The summed E-state index contributed by atoms with van der Waals surface area (Å²) in [5, 5.41) is 3.35. The fourth-order valence-corrected chi connectivity index (χ4v) is 2.12. The number of methoxy groups -OCH3 is 1. The lowest BCUT2D eigenvalue weighted by Gasteiger charge is -2.23. The van der Waals surface area contributed by atoms with E-state index < -0.39 is 0 Å². The fraction of sp³-hybridized carbons (Fsp3) is 0.588. The van der Waals surface area contributed by atoms with E-state index in [0.29, 0.717) is 0 Å². The molecule has 0 aliphatic rings. The minimum atomic E-state index is 0.763. The van der Waals surface area contributed by atoms with Crippen LogP contribution in [-0.4, -0.2) is 63.1 Å². The Bertz CT molecular complexity index is 462. The molecule has 0 aliphatic carbocycles. The van der Waals surface area contributed by atoms with E-state index in [2.05, 4.69) is 49.1 Å². The van der Waals surface area contributed by atoms with Crippen molar-refractivity contribution in [2.24, 2.45) is 4.99 Å². The van der Waals surface area contributed by atoms with Crippen molar-refractivity contribution in [3.05, 3.63) is 29.8 Å². The molecule has 0 amide bonds. The Balaban J connectivity index is 2.71. The highest BCUT2D eigenvalue weighted by Gasteiger charge is 2.09. The Morgan fingerprint density at radius 3 is 2.59 bits per heavy atom. The molecule has 0 atom stereocenters. The number of hydrogen-bond acceptors (Lipinski definition) is 3. The van der Waals surface area contributed by atoms with Crippen LogP contribution in [0, 0.1) is 0 Å². The first-order valence-corrected chi connectivity index (χ1v) is 7.92. The van der Waals surface area contributed by atoms with Crippen LogP contribution in [0.15, 0.2) is 29.3 Å². The zero-order chi connectivity index (χ0) is 16.4. The smallest absolute Gasteiger partial charge is 0.194 e. The number of likely N-dealkylation sites (N-methyl/N-ethyl adjacent to an activating group) is 1.